The molecule has 1 aliphatic carbocycles. The van der Waals surface area contributed by atoms with E-state index in [4.69, 9.17) is 6.42 Å². The quantitative estimate of drug-likeness (QED) is 0.726. The molecule has 1 fully saturated rings. The number of aliphatic hydroxyl groups excluding tert-OH is 1. The zero-order chi connectivity index (χ0) is 11.1. The lowest BCUT2D eigenvalue weighted by atomic mass is 9.88. The van der Waals surface area contributed by atoms with Crippen LogP contribution in [0, 0.1) is 17.8 Å². The minimum atomic E-state index is -0.0415. The molecule has 0 saturated heterocycles. The lowest BCUT2D eigenvalue weighted by molar-refractivity contribution is 0.231. The van der Waals surface area contributed by atoms with Crippen LogP contribution in [-0.2, 0) is 5.41 Å². The first-order chi connectivity index (χ1) is 7.05. The van der Waals surface area contributed by atoms with E-state index >= 15 is 0 Å². The molecule has 0 bridgehead atoms. The molecule has 1 aromatic carbocycles. The maximum Gasteiger partial charge on any atom is 0.0533 e. The van der Waals surface area contributed by atoms with E-state index in [9.17, 15) is 5.11 Å². The summed E-state index contributed by atoms with van der Waals surface area (Å²) >= 11 is 0. The minimum absolute atomic E-state index is 0.0415. The zero-order valence-corrected chi connectivity index (χ0v) is 9.25. The van der Waals surface area contributed by atoms with Gasteiger partial charge in [-0.15, -0.1) is 6.42 Å². The van der Waals surface area contributed by atoms with Crippen LogP contribution in [0.2, 0.25) is 0 Å². The van der Waals surface area contributed by atoms with Gasteiger partial charge in [-0.2, -0.15) is 0 Å². The fourth-order valence-corrected chi connectivity index (χ4v) is 2.45. The Morgan fingerprint density at radius 2 is 1.87 bits per heavy atom. The SMILES string of the molecule is C#Cc1ccc(C2(CO)CC2(C)C)cc1. The Morgan fingerprint density at radius 1 is 1.33 bits per heavy atom. The molecule has 1 atom stereocenters. The number of hydrogen-bond donors (Lipinski definition) is 1. The second kappa shape index (κ2) is 3.12. The van der Waals surface area contributed by atoms with Crippen LogP contribution in [-0.4, -0.2) is 11.7 Å². The molecule has 1 saturated carbocycles. The summed E-state index contributed by atoms with van der Waals surface area (Å²) in [5.74, 6) is 2.60. The lowest BCUT2D eigenvalue weighted by Crippen LogP contribution is -2.19. The van der Waals surface area contributed by atoms with Crippen molar-refractivity contribution in [1.82, 2.24) is 0 Å². The molecule has 1 heteroatoms. The molecule has 1 unspecified atom stereocenters. The Balaban J connectivity index is 2.35. The lowest BCUT2D eigenvalue weighted by Gasteiger charge is -2.18. The molecule has 15 heavy (non-hydrogen) atoms. The van der Waals surface area contributed by atoms with E-state index in [0.29, 0.717) is 0 Å². The van der Waals surface area contributed by atoms with Crippen molar-refractivity contribution < 1.29 is 5.11 Å². The summed E-state index contributed by atoms with van der Waals surface area (Å²) in [6, 6.07) is 7.97. The second-order valence-corrected chi connectivity index (χ2v) is 5.02. The summed E-state index contributed by atoms with van der Waals surface area (Å²) in [5, 5.41) is 9.53. The van der Waals surface area contributed by atoms with Crippen LogP contribution in [0.4, 0.5) is 0 Å². The summed E-state index contributed by atoms with van der Waals surface area (Å²) in [6.45, 7) is 4.60. The Labute approximate surface area is 91.1 Å². The van der Waals surface area contributed by atoms with E-state index in [1.165, 1.54) is 5.56 Å². The summed E-state index contributed by atoms with van der Waals surface area (Å²) in [5.41, 5.74) is 2.26. The molecule has 78 valence electrons. The molecule has 0 spiro atoms. The van der Waals surface area contributed by atoms with Gasteiger partial charge in [0.25, 0.3) is 0 Å². The van der Waals surface area contributed by atoms with Crippen LogP contribution in [0.25, 0.3) is 0 Å². The van der Waals surface area contributed by atoms with Gasteiger partial charge in [-0.05, 0) is 29.5 Å². The highest BCUT2D eigenvalue weighted by molar-refractivity contribution is 5.42. The molecular weight excluding hydrogens is 184 g/mol. The van der Waals surface area contributed by atoms with Gasteiger partial charge < -0.3 is 5.11 Å². The van der Waals surface area contributed by atoms with Gasteiger partial charge in [-0.3, -0.25) is 0 Å². The molecule has 1 aromatic rings. The Morgan fingerprint density at radius 3 is 2.20 bits per heavy atom. The molecule has 2 rings (SSSR count). The van der Waals surface area contributed by atoms with Crippen molar-refractivity contribution in [2.24, 2.45) is 5.41 Å². The van der Waals surface area contributed by atoms with Crippen LogP contribution in [0.15, 0.2) is 24.3 Å². The number of benzene rings is 1. The van der Waals surface area contributed by atoms with Crippen LogP contribution < -0.4 is 0 Å². The second-order valence-electron chi connectivity index (χ2n) is 5.02. The van der Waals surface area contributed by atoms with E-state index in [1.54, 1.807) is 0 Å². The first kappa shape index (κ1) is 10.3. The van der Waals surface area contributed by atoms with E-state index in [-0.39, 0.29) is 17.4 Å². The van der Waals surface area contributed by atoms with E-state index in [0.717, 1.165) is 12.0 Å². The average Bonchev–Trinajstić information content (AvgIpc) is 2.82. The maximum atomic E-state index is 9.53. The molecule has 0 aromatic heterocycles. The Hall–Kier alpha value is -1.26. The monoisotopic (exact) mass is 200 g/mol. The molecule has 1 nitrogen and oxygen atoms in total. The molecule has 0 amide bonds. The van der Waals surface area contributed by atoms with Gasteiger partial charge in [0, 0.05) is 11.0 Å². The molecule has 0 aliphatic heterocycles. The first-order valence-electron chi connectivity index (χ1n) is 5.24. The van der Waals surface area contributed by atoms with Crippen molar-refractivity contribution >= 4 is 0 Å². The van der Waals surface area contributed by atoms with Crippen molar-refractivity contribution in [2.75, 3.05) is 6.61 Å². The fraction of sp³-hybridized carbons (Fsp3) is 0.429. The summed E-state index contributed by atoms with van der Waals surface area (Å²) < 4.78 is 0. The standard InChI is InChI=1S/C14H16O/c1-4-11-5-7-12(8-6-11)14(10-15)9-13(14,2)3/h1,5-8,15H,9-10H2,2-3H3. The van der Waals surface area contributed by atoms with Crippen molar-refractivity contribution in [3.63, 3.8) is 0 Å². The molecule has 0 heterocycles. The molecule has 1 N–H and O–H groups in total. The summed E-state index contributed by atoms with van der Waals surface area (Å²) in [7, 11) is 0. The average molecular weight is 200 g/mol. The number of hydrogen-bond acceptors (Lipinski definition) is 1. The topological polar surface area (TPSA) is 20.2 Å². The molecule has 1 aliphatic rings. The van der Waals surface area contributed by atoms with Crippen molar-refractivity contribution in [1.29, 1.82) is 0 Å². The Bertz CT molecular complexity index is 408. The smallest absolute Gasteiger partial charge is 0.0533 e. The van der Waals surface area contributed by atoms with Crippen molar-refractivity contribution in [2.45, 2.75) is 25.7 Å². The third-order valence-electron chi connectivity index (χ3n) is 3.79. The van der Waals surface area contributed by atoms with E-state index in [1.807, 2.05) is 24.3 Å². The predicted octanol–water partition coefficient (Wildman–Crippen LogP) is 2.33. The number of rotatable bonds is 2. The summed E-state index contributed by atoms with van der Waals surface area (Å²) in [4.78, 5) is 0. The van der Waals surface area contributed by atoms with Crippen LogP contribution >= 0.6 is 0 Å². The predicted molar refractivity (Wildman–Crippen MR) is 61.5 cm³/mol. The minimum Gasteiger partial charge on any atom is -0.395 e. The van der Waals surface area contributed by atoms with Crippen LogP contribution in [0.3, 0.4) is 0 Å². The normalized spacial score (nSPS) is 27.1. The van der Waals surface area contributed by atoms with Crippen molar-refractivity contribution in [3.8, 4) is 12.3 Å². The van der Waals surface area contributed by atoms with Gasteiger partial charge in [0.2, 0.25) is 0 Å². The number of terminal acetylenes is 1. The van der Waals surface area contributed by atoms with Crippen LogP contribution in [0.5, 0.6) is 0 Å². The van der Waals surface area contributed by atoms with Crippen molar-refractivity contribution in [3.05, 3.63) is 35.4 Å². The first-order valence-corrected chi connectivity index (χ1v) is 5.24. The Kier molecular flexibility index (Phi) is 2.13. The highest BCUT2D eigenvalue weighted by Crippen LogP contribution is 2.63. The van der Waals surface area contributed by atoms with E-state index < -0.39 is 0 Å². The maximum absolute atomic E-state index is 9.53. The summed E-state index contributed by atoms with van der Waals surface area (Å²) in [6.07, 6.45) is 6.36. The van der Waals surface area contributed by atoms with Gasteiger partial charge in [-0.25, -0.2) is 0 Å². The van der Waals surface area contributed by atoms with Gasteiger partial charge in [0.05, 0.1) is 6.61 Å². The molecule has 0 radical (unpaired) electrons. The zero-order valence-electron chi connectivity index (χ0n) is 9.25. The number of aliphatic hydroxyl groups is 1. The van der Waals surface area contributed by atoms with E-state index in [2.05, 4.69) is 19.8 Å². The van der Waals surface area contributed by atoms with Crippen LogP contribution in [0.1, 0.15) is 31.4 Å². The van der Waals surface area contributed by atoms with Gasteiger partial charge in [0.15, 0.2) is 0 Å². The third kappa shape index (κ3) is 1.37. The molecular formula is C14H16O. The van der Waals surface area contributed by atoms with Gasteiger partial charge in [0.1, 0.15) is 0 Å². The highest BCUT2D eigenvalue weighted by atomic mass is 16.3. The third-order valence-corrected chi connectivity index (χ3v) is 3.79. The largest absolute Gasteiger partial charge is 0.395 e. The fourth-order valence-electron chi connectivity index (χ4n) is 2.45. The highest BCUT2D eigenvalue weighted by Gasteiger charge is 2.61. The van der Waals surface area contributed by atoms with Gasteiger partial charge in [-0.1, -0.05) is 31.9 Å². The van der Waals surface area contributed by atoms with Gasteiger partial charge >= 0.3 is 0 Å².